The predicted molar refractivity (Wildman–Crippen MR) is 104 cm³/mol. The van der Waals surface area contributed by atoms with Gasteiger partial charge in [0.2, 0.25) is 0 Å². The van der Waals surface area contributed by atoms with Crippen molar-refractivity contribution in [3.8, 4) is 0 Å². The third kappa shape index (κ3) is 3.81. The molecular formula is C18H19ClN6O2. The highest BCUT2D eigenvalue weighted by molar-refractivity contribution is 6.39. The number of amides is 2. The second kappa shape index (κ2) is 7.42. The third-order valence-corrected chi connectivity index (χ3v) is 4.92. The molecule has 4 rings (SSSR count). The molecule has 1 aromatic carbocycles. The molecule has 3 N–H and O–H groups in total. The number of carbonyl (C=O) groups excluding carboxylic acids is 2. The van der Waals surface area contributed by atoms with Gasteiger partial charge < -0.3 is 20.5 Å². The molecule has 2 amide bonds. The van der Waals surface area contributed by atoms with Gasteiger partial charge in [0.05, 0.1) is 11.9 Å². The maximum Gasteiger partial charge on any atom is 0.313 e. The molecule has 140 valence electrons. The van der Waals surface area contributed by atoms with Gasteiger partial charge in [-0.2, -0.15) is 0 Å². The summed E-state index contributed by atoms with van der Waals surface area (Å²) in [5.41, 5.74) is 8.38. The van der Waals surface area contributed by atoms with Gasteiger partial charge in [0.25, 0.3) is 0 Å². The lowest BCUT2D eigenvalue weighted by Gasteiger charge is -2.35. The molecule has 2 aromatic rings. The molecule has 27 heavy (non-hydrogen) atoms. The van der Waals surface area contributed by atoms with Crippen molar-refractivity contribution in [2.75, 3.05) is 41.8 Å². The van der Waals surface area contributed by atoms with Gasteiger partial charge in [0, 0.05) is 49.0 Å². The Hall–Kier alpha value is -2.84. The van der Waals surface area contributed by atoms with Crippen LogP contribution in [0.5, 0.6) is 0 Å². The largest absolute Gasteiger partial charge is 0.368 e. The number of anilines is 3. The van der Waals surface area contributed by atoms with Crippen molar-refractivity contribution in [2.45, 2.75) is 6.54 Å². The van der Waals surface area contributed by atoms with Crippen molar-refractivity contribution >= 4 is 40.6 Å². The van der Waals surface area contributed by atoms with E-state index < -0.39 is 11.8 Å². The first-order valence-corrected chi connectivity index (χ1v) is 9.06. The summed E-state index contributed by atoms with van der Waals surface area (Å²) < 4.78 is 0. The highest BCUT2D eigenvalue weighted by atomic mass is 35.5. The first-order valence-electron chi connectivity index (χ1n) is 8.69. The van der Waals surface area contributed by atoms with Gasteiger partial charge in [0.1, 0.15) is 5.82 Å². The summed E-state index contributed by atoms with van der Waals surface area (Å²) in [6.07, 6.45) is 1.53. The minimum atomic E-state index is -0.643. The Labute approximate surface area is 161 Å². The number of fused-ring (bicyclic) bond motifs is 1. The minimum Gasteiger partial charge on any atom is -0.368 e. The minimum absolute atomic E-state index is 0.491. The van der Waals surface area contributed by atoms with E-state index in [1.54, 1.807) is 11.0 Å². The number of hydrogen-bond donors (Lipinski definition) is 3. The van der Waals surface area contributed by atoms with Crippen LogP contribution in [0.3, 0.4) is 0 Å². The summed E-state index contributed by atoms with van der Waals surface area (Å²) in [4.78, 5) is 32.7. The summed E-state index contributed by atoms with van der Waals surface area (Å²) in [7, 11) is 0. The van der Waals surface area contributed by atoms with Crippen LogP contribution < -0.4 is 21.1 Å². The summed E-state index contributed by atoms with van der Waals surface area (Å²) in [5, 5.41) is 3.33. The van der Waals surface area contributed by atoms with E-state index in [4.69, 9.17) is 11.6 Å². The molecule has 0 unspecified atom stereocenters. The van der Waals surface area contributed by atoms with Gasteiger partial charge >= 0.3 is 11.8 Å². The van der Waals surface area contributed by atoms with Gasteiger partial charge in [-0.15, -0.1) is 0 Å². The Morgan fingerprint density at radius 3 is 2.59 bits per heavy atom. The molecule has 0 atom stereocenters. The zero-order chi connectivity index (χ0) is 18.8. The fourth-order valence-corrected chi connectivity index (χ4v) is 3.32. The maximum absolute atomic E-state index is 12.5. The number of carbonyl (C=O) groups is 2. The van der Waals surface area contributed by atoms with E-state index in [0.29, 0.717) is 43.4 Å². The van der Waals surface area contributed by atoms with Gasteiger partial charge in [-0.1, -0.05) is 11.6 Å². The maximum atomic E-state index is 12.5. The summed E-state index contributed by atoms with van der Waals surface area (Å²) in [6.45, 7) is 2.93. The highest BCUT2D eigenvalue weighted by Crippen LogP contribution is 2.21. The zero-order valence-electron chi connectivity index (χ0n) is 14.5. The average Bonchev–Trinajstić information content (AvgIpc) is 3.16. The normalized spacial score (nSPS) is 15.9. The van der Waals surface area contributed by atoms with Crippen LogP contribution in [0, 0.1) is 0 Å². The van der Waals surface area contributed by atoms with Crippen molar-refractivity contribution in [1.29, 1.82) is 0 Å². The second-order valence-electron chi connectivity index (χ2n) is 6.42. The highest BCUT2D eigenvalue weighted by Gasteiger charge is 2.26. The summed E-state index contributed by atoms with van der Waals surface area (Å²) in [5.74, 6) is -0.434. The van der Waals surface area contributed by atoms with Crippen LogP contribution in [0.15, 0.2) is 36.5 Å². The number of hydrogen-bond acceptors (Lipinski definition) is 6. The van der Waals surface area contributed by atoms with E-state index in [0.717, 1.165) is 17.1 Å². The number of halogens is 1. The van der Waals surface area contributed by atoms with E-state index in [1.165, 1.54) is 6.20 Å². The Morgan fingerprint density at radius 1 is 1.11 bits per heavy atom. The predicted octanol–water partition coefficient (Wildman–Crippen LogP) is 1.45. The first kappa shape index (κ1) is 17.6. The van der Waals surface area contributed by atoms with Crippen LogP contribution in [0.4, 0.5) is 17.2 Å². The van der Waals surface area contributed by atoms with Crippen LogP contribution in [-0.2, 0) is 16.1 Å². The molecule has 8 nitrogen and oxygen atoms in total. The van der Waals surface area contributed by atoms with Gasteiger partial charge in [0.15, 0.2) is 0 Å². The van der Waals surface area contributed by atoms with Gasteiger partial charge in [-0.25, -0.2) is 10.4 Å². The topological polar surface area (TPSA) is 89.6 Å². The number of piperazine rings is 1. The van der Waals surface area contributed by atoms with E-state index in [2.05, 4.69) is 26.1 Å². The van der Waals surface area contributed by atoms with Crippen molar-refractivity contribution in [1.82, 2.24) is 15.3 Å². The van der Waals surface area contributed by atoms with Crippen molar-refractivity contribution in [2.24, 2.45) is 0 Å². The smallest absolute Gasteiger partial charge is 0.313 e. The number of aromatic nitrogens is 1. The molecule has 0 saturated carbocycles. The molecule has 0 radical (unpaired) electrons. The molecule has 1 saturated heterocycles. The number of rotatable bonds is 2. The molecule has 2 aliphatic rings. The first-order chi connectivity index (χ1) is 13.1. The average molecular weight is 387 g/mol. The quantitative estimate of drug-likeness (QED) is 0.677. The van der Waals surface area contributed by atoms with Crippen LogP contribution in [0.25, 0.3) is 0 Å². The molecule has 0 aliphatic carbocycles. The zero-order valence-corrected chi connectivity index (χ0v) is 15.3. The third-order valence-electron chi connectivity index (χ3n) is 4.66. The van der Waals surface area contributed by atoms with Crippen molar-refractivity contribution < 1.29 is 9.59 Å². The van der Waals surface area contributed by atoms with Crippen LogP contribution in [0.2, 0.25) is 5.02 Å². The Morgan fingerprint density at radius 2 is 1.85 bits per heavy atom. The van der Waals surface area contributed by atoms with Crippen molar-refractivity contribution in [3.63, 3.8) is 0 Å². The van der Waals surface area contributed by atoms with E-state index in [9.17, 15) is 9.59 Å². The lowest BCUT2D eigenvalue weighted by atomic mass is 10.2. The number of pyridine rings is 1. The fourth-order valence-electron chi connectivity index (χ4n) is 3.20. The van der Waals surface area contributed by atoms with Gasteiger partial charge in [-0.3, -0.25) is 9.59 Å². The monoisotopic (exact) mass is 386 g/mol. The number of nitrogens with zero attached hydrogens (tertiary/aromatic N) is 3. The van der Waals surface area contributed by atoms with Gasteiger partial charge in [-0.05, 0) is 30.3 Å². The molecule has 9 heteroatoms. The Kier molecular flexibility index (Phi) is 4.83. The number of nitrogens with one attached hydrogen (secondary N) is 3. The van der Waals surface area contributed by atoms with Crippen LogP contribution in [0.1, 0.15) is 5.56 Å². The van der Waals surface area contributed by atoms with Crippen molar-refractivity contribution in [3.05, 3.63) is 47.1 Å². The standard InChI is InChI=1S/C18H19ClN6O2/c19-13-1-3-15(4-2-13)24-5-7-25(8-6-24)18(27)17(26)22-14-9-12-10-21-23-16(12)20-11-14/h1-4,9,11,21H,5-8,10H2,(H,20,23)(H,22,26). The molecule has 1 aromatic heterocycles. The van der Waals surface area contributed by atoms with E-state index in [-0.39, 0.29) is 0 Å². The van der Waals surface area contributed by atoms with Crippen LogP contribution >= 0.6 is 11.6 Å². The molecule has 1 fully saturated rings. The Bertz CT molecular complexity index is 865. The molecule has 2 aliphatic heterocycles. The summed E-state index contributed by atoms with van der Waals surface area (Å²) >= 11 is 5.92. The number of hydrazine groups is 1. The second-order valence-corrected chi connectivity index (χ2v) is 6.86. The van der Waals surface area contributed by atoms with E-state index >= 15 is 0 Å². The number of benzene rings is 1. The molecule has 0 spiro atoms. The lowest BCUT2D eigenvalue weighted by molar-refractivity contribution is -0.143. The lowest BCUT2D eigenvalue weighted by Crippen LogP contribution is -2.51. The van der Waals surface area contributed by atoms with Crippen LogP contribution in [-0.4, -0.2) is 47.9 Å². The molecule has 3 heterocycles. The fraction of sp³-hybridized carbons (Fsp3) is 0.278. The van der Waals surface area contributed by atoms with E-state index in [1.807, 2.05) is 24.3 Å². The summed E-state index contributed by atoms with van der Waals surface area (Å²) in [6, 6.07) is 9.41. The Balaban J connectivity index is 1.33. The molecular weight excluding hydrogens is 368 g/mol. The molecule has 0 bridgehead atoms. The SMILES string of the molecule is O=C(Nc1cnc2c(c1)CNN2)C(=O)N1CCN(c2ccc(Cl)cc2)CC1.